The number of terminal acetylenes is 1. The summed E-state index contributed by atoms with van der Waals surface area (Å²) < 4.78 is 5.98. The van der Waals surface area contributed by atoms with E-state index < -0.39 is 24.0 Å². The minimum atomic E-state index is -0.710. The lowest BCUT2D eigenvalue weighted by Gasteiger charge is -2.26. The third kappa shape index (κ3) is 3.72. The highest BCUT2D eigenvalue weighted by atomic mass is 35.5. The fourth-order valence-electron chi connectivity index (χ4n) is 2.31. The molecule has 4 nitrogen and oxygen atoms in total. The average molecular weight is 364 g/mol. The van der Waals surface area contributed by atoms with Crippen molar-refractivity contribution in [1.82, 2.24) is 5.32 Å². The van der Waals surface area contributed by atoms with Crippen molar-refractivity contribution < 1.29 is 14.3 Å². The number of thiophene rings is 1. The number of carbonyl (C=O) groups excluding carboxylic acids is 2. The number of fused-ring (bicyclic) bond motifs is 1. The van der Waals surface area contributed by atoms with E-state index in [2.05, 4.69) is 11.2 Å². The Bertz CT molecular complexity index is 802. The number of halogens is 1. The molecule has 0 saturated carbocycles. The Morgan fingerprint density at radius 1 is 1.33 bits per heavy atom. The first-order valence-corrected chi connectivity index (χ1v) is 8.78. The standard InChI is InChI=1S/C18H18ClNO3S/c1-4-18(5-2,6-3)20-14(21)11-23-17(22)16-15(19)12-9-7-8-10-13(12)24-16/h1,7-10H,5-6,11H2,2-3H3,(H,20,21). The lowest BCUT2D eigenvalue weighted by Crippen LogP contribution is -2.48. The Balaban J connectivity index is 2.03. The molecular weight excluding hydrogens is 346 g/mol. The van der Waals surface area contributed by atoms with Gasteiger partial charge in [-0.2, -0.15) is 0 Å². The van der Waals surface area contributed by atoms with Crippen molar-refractivity contribution in [3.05, 3.63) is 34.2 Å². The SMILES string of the molecule is C#CC(CC)(CC)NC(=O)COC(=O)c1sc2ccccc2c1Cl. The highest BCUT2D eigenvalue weighted by Gasteiger charge is 2.26. The third-order valence-corrected chi connectivity index (χ3v) is 5.57. The number of hydrogen-bond acceptors (Lipinski definition) is 4. The summed E-state index contributed by atoms with van der Waals surface area (Å²) in [5, 5.41) is 3.89. The summed E-state index contributed by atoms with van der Waals surface area (Å²) in [6, 6.07) is 7.42. The molecule has 0 aliphatic carbocycles. The van der Waals surface area contributed by atoms with Crippen LogP contribution in [0, 0.1) is 12.3 Å². The van der Waals surface area contributed by atoms with Crippen molar-refractivity contribution >= 4 is 44.9 Å². The van der Waals surface area contributed by atoms with Gasteiger partial charge in [0.25, 0.3) is 5.91 Å². The average Bonchev–Trinajstić information content (AvgIpc) is 2.95. The van der Waals surface area contributed by atoms with Gasteiger partial charge in [0.2, 0.25) is 0 Å². The third-order valence-electron chi connectivity index (χ3n) is 3.92. The zero-order chi connectivity index (χ0) is 17.7. The fourth-order valence-corrected chi connectivity index (χ4v) is 3.71. The van der Waals surface area contributed by atoms with Crippen LogP contribution >= 0.6 is 22.9 Å². The molecule has 1 aromatic carbocycles. The zero-order valence-electron chi connectivity index (χ0n) is 13.5. The van der Waals surface area contributed by atoms with E-state index in [0.29, 0.717) is 22.7 Å². The molecule has 126 valence electrons. The van der Waals surface area contributed by atoms with E-state index in [9.17, 15) is 9.59 Å². The highest BCUT2D eigenvalue weighted by molar-refractivity contribution is 7.21. The lowest BCUT2D eigenvalue weighted by atomic mass is 9.94. The molecule has 0 fully saturated rings. The molecule has 2 aromatic rings. The second kappa shape index (κ2) is 7.69. The number of amides is 1. The van der Waals surface area contributed by atoms with Gasteiger partial charge >= 0.3 is 5.97 Å². The van der Waals surface area contributed by atoms with Crippen LogP contribution in [0.2, 0.25) is 5.02 Å². The monoisotopic (exact) mass is 363 g/mol. The summed E-state index contributed by atoms with van der Waals surface area (Å²) in [4.78, 5) is 24.5. The normalized spacial score (nSPS) is 11.1. The quantitative estimate of drug-likeness (QED) is 0.623. The van der Waals surface area contributed by atoms with Gasteiger partial charge in [-0.3, -0.25) is 4.79 Å². The Hall–Kier alpha value is -2.03. The maximum atomic E-state index is 12.2. The molecule has 1 aromatic heterocycles. The van der Waals surface area contributed by atoms with Gasteiger partial charge in [0, 0.05) is 10.1 Å². The Kier molecular flexibility index (Phi) is 5.87. The smallest absolute Gasteiger partial charge is 0.350 e. The van der Waals surface area contributed by atoms with Gasteiger partial charge in [-0.15, -0.1) is 17.8 Å². The maximum Gasteiger partial charge on any atom is 0.350 e. The summed E-state index contributed by atoms with van der Waals surface area (Å²) in [5.74, 6) is 1.56. The number of benzene rings is 1. The molecule has 1 heterocycles. The largest absolute Gasteiger partial charge is 0.451 e. The van der Waals surface area contributed by atoms with Gasteiger partial charge in [0.15, 0.2) is 6.61 Å². The van der Waals surface area contributed by atoms with Crippen LogP contribution in [0.4, 0.5) is 0 Å². The molecule has 0 atom stereocenters. The number of carbonyl (C=O) groups is 2. The fraction of sp³-hybridized carbons (Fsp3) is 0.333. The minimum absolute atomic E-state index is 0.292. The molecule has 0 bridgehead atoms. The van der Waals surface area contributed by atoms with Crippen molar-refractivity contribution in [2.24, 2.45) is 0 Å². The second-order valence-corrected chi connectivity index (χ2v) is 6.73. The van der Waals surface area contributed by atoms with Gasteiger partial charge < -0.3 is 10.1 Å². The van der Waals surface area contributed by atoms with E-state index >= 15 is 0 Å². The summed E-state index contributed by atoms with van der Waals surface area (Å²) in [6.07, 6.45) is 6.70. The summed E-state index contributed by atoms with van der Waals surface area (Å²) in [6.45, 7) is 3.39. The molecule has 24 heavy (non-hydrogen) atoms. The van der Waals surface area contributed by atoms with E-state index in [1.165, 1.54) is 11.3 Å². The zero-order valence-corrected chi connectivity index (χ0v) is 15.1. The van der Waals surface area contributed by atoms with Crippen molar-refractivity contribution in [2.45, 2.75) is 32.2 Å². The summed E-state index contributed by atoms with van der Waals surface area (Å²) in [5.41, 5.74) is -0.710. The van der Waals surface area contributed by atoms with E-state index in [1.807, 2.05) is 38.1 Å². The first-order chi connectivity index (χ1) is 11.5. The van der Waals surface area contributed by atoms with Crippen molar-refractivity contribution in [3.8, 4) is 12.3 Å². The first-order valence-electron chi connectivity index (χ1n) is 7.59. The van der Waals surface area contributed by atoms with Crippen molar-refractivity contribution in [2.75, 3.05) is 6.61 Å². The predicted octanol–water partition coefficient (Wildman–Crippen LogP) is 4.02. The number of rotatable bonds is 6. The molecule has 0 unspecified atom stereocenters. The summed E-state index contributed by atoms with van der Waals surface area (Å²) in [7, 11) is 0. The molecule has 1 N–H and O–H groups in total. The van der Waals surface area contributed by atoms with Crippen LogP contribution in [0.1, 0.15) is 36.4 Å². The topological polar surface area (TPSA) is 55.4 Å². The number of nitrogens with one attached hydrogen (secondary N) is 1. The molecule has 2 rings (SSSR count). The predicted molar refractivity (Wildman–Crippen MR) is 97.4 cm³/mol. The molecule has 6 heteroatoms. The van der Waals surface area contributed by atoms with Gasteiger partial charge in [0.1, 0.15) is 10.4 Å². The lowest BCUT2D eigenvalue weighted by molar-refractivity contribution is -0.125. The molecule has 0 spiro atoms. The van der Waals surface area contributed by atoms with Gasteiger partial charge in [-0.25, -0.2) is 4.79 Å². The Morgan fingerprint density at radius 3 is 2.58 bits per heavy atom. The van der Waals surface area contributed by atoms with Gasteiger partial charge in [0.05, 0.1) is 5.02 Å². The molecule has 0 radical (unpaired) electrons. The van der Waals surface area contributed by atoms with E-state index in [4.69, 9.17) is 22.8 Å². The van der Waals surface area contributed by atoms with Crippen LogP contribution in [-0.4, -0.2) is 24.0 Å². The van der Waals surface area contributed by atoms with Crippen LogP contribution in [0.3, 0.4) is 0 Å². The van der Waals surface area contributed by atoms with E-state index in [0.717, 1.165) is 10.1 Å². The highest BCUT2D eigenvalue weighted by Crippen LogP contribution is 2.35. The number of ether oxygens (including phenoxy) is 1. The van der Waals surface area contributed by atoms with E-state index in [1.54, 1.807) is 0 Å². The van der Waals surface area contributed by atoms with Crippen LogP contribution in [0.25, 0.3) is 10.1 Å². The van der Waals surface area contributed by atoms with Crippen LogP contribution in [0.15, 0.2) is 24.3 Å². The minimum Gasteiger partial charge on any atom is -0.451 e. The van der Waals surface area contributed by atoms with Crippen molar-refractivity contribution in [3.63, 3.8) is 0 Å². The second-order valence-electron chi connectivity index (χ2n) is 5.30. The maximum absolute atomic E-state index is 12.2. The van der Waals surface area contributed by atoms with Gasteiger partial charge in [-0.05, 0) is 18.9 Å². The number of esters is 1. The Labute approximate surface area is 150 Å². The van der Waals surface area contributed by atoms with Crippen LogP contribution in [-0.2, 0) is 9.53 Å². The molecule has 0 saturated heterocycles. The van der Waals surface area contributed by atoms with Crippen LogP contribution < -0.4 is 5.32 Å². The van der Waals surface area contributed by atoms with E-state index in [-0.39, 0.29) is 0 Å². The molecular formula is C18H18ClNO3S. The summed E-state index contributed by atoms with van der Waals surface area (Å²) >= 11 is 7.46. The van der Waals surface area contributed by atoms with Crippen molar-refractivity contribution in [1.29, 1.82) is 0 Å². The Morgan fingerprint density at radius 2 is 2.00 bits per heavy atom. The molecule has 1 amide bonds. The van der Waals surface area contributed by atoms with Crippen LogP contribution in [0.5, 0.6) is 0 Å². The molecule has 0 aliphatic heterocycles. The van der Waals surface area contributed by atoms with Gasteiger partial charge in [-0.1, -0.05) is 49.6 Å². The number of hydrogen-bond donors (Lipinski definition) is 1. The first kappa shape index (κ1) is 18.3. The molecule has 0 aliphatic rings.